The molecule has 0 aliphatic rings. The molecule has 0 saturated heterocycles. The van der Waals surface area contributed by atoms with Crippen LogP contribution in [0, 0.1) is 5.92 Å². The number of hydrogen-bond acceptors (Lipinski definition) is 2. The molecule has 0 amide bonds. The van der Waals surface area contributed by atoms with Crippen LogP contribution in [-0.4, -0.2) is 19.6 Å². The zero-order chi connectivity index (χ0) is 7.98. The lowest BCUT2D eigenvalue weighted by Gasteiger charge is -2.15. The molecular formula is C8H20N2. The van der Waals surface area contributed by atoms with E-state index in [2.05, 4.69) is 19.2 Å². The average molecular weight is 144 g/mol. The molecule has 0 saturated carbocycles. The van der Waals surface area contributed by atoms with Crippen molar-refractivity contribution in [3.8, 4) is 0 Å². The molecule has 0 aliphatic carbocycles. The van der Waals surface area contributed by atoms with Gasteiger partial charge >= 0.3 is 0 Å². The Bertz CT molecular complexity index is 71.7. The van der Waals surface area contributed by atoms with E-state index in [1.165, 1.54) is 6.42 Å². The van der Waals surface area contributed by atoms with Crippen LogP contribution in [0.25, 0.3) is 0 Å². The molecule has 0 radical (unpaired) electrons. The molecule has 0 rings (SSSR count). The first kappa shape index (κ1) is 9.92. The van der Waals surface area contributed by atoms with E-state index in [1.54, 1.807) is 0 Å². The van der Waals surface area contributed by atoms with Gasteiger partial charge in [0.05, 0.1) is 0 Å². The molecule has 0 aromatic carbocycles. The summed E-state index contributed by atoms with van der Waals surface area (Å²) in [5, 5.41) is 3.17. The number of nitrogens with two attached hydrogens (primary N) is 1. The minimum atomic E-state index is 0.346. The molecular weight excluding hydrogens is 124 g/mol. The molecule has 62 valence electrons. The molecule has 10 heavy (non-hydrogen) atoms. The lowest BCUT2D eigenvalue weighted by molar-refractivity contribution is 0.418. The maximum Gasteiger partial charge on any atom is 0.00135 e. The van der Waals surface area contributed by atoms with Crippen LogP contribution in [0.4, 0.5) is 0 Å². The molecule has 0 bridgehead atoms. The van der Waals surface area contributed by atoms with Gasteiger partial charge in [0, 0.05) is 6.04 Å². The van der Waals surface area contributed by atoms with Gasteiger partial charge in [0.25, 0.3) is 0 Å². The van der Waals surface area contributed by atoms with E-state index >= 15 is 0 Å². The van der Waals surface area contributed by atoms with Crippen molar-refractivity contribution in [3.63, 3.8) is 0 Å². The largest absolute Gasteiger partial charge is 0.328 e. The van der Waals surface area contributed by atoms with E-state index in [9.17, 15) is 0 Å². The van der Waals surface area contributed by atoms with Crippen LogP contribution in [0.1, 0.15) is 26.7 Å². The summed E-state index contributed by atoms with van der Waals surface area (Å²) in [6, 6.07) is 0.346. The van der Waals surface area contributed by atoms with E-state index in [-0.39, 0.29) is 0 Å². The molecule has 0 aromatic rings. The molecule has 0 fully saturated rings. The third-order valence-corrected chi connectivity index (χ3v) is 1.78. The van der Waals surface area contributed by atoms with E-state index in [0.29, 0.717) is 6.04 Å². The predicted octanol–water partition coefficient (Wildman–Crippen LogP) is 0.969. The Morgan fingerprint density at radius 3 is 2.40 bits per heavy atom. The van der Waals surface area contributed by atoms with Gasteiger partial charge in [0.2, 0.25) is 0 Å². The first-order chi connectivity index (χ1) is 4.70. The lowest BCUT2D eigenvalue weighted by atomic mass is 9.99. The highest BCUT2D eigenvalue weighted by Gasteiger charge is 2.06. The molecule has 2 heteroatoms. The van der Waals surface area contributed by atoms with Crippen molar-refractivity contribution >= 4 is 0 Å². The van der Waals surface area contributed by atoms with Gasteiger partial charge in [-0.15, -0.1) is 0 Å². The van der Waals surface area contributed by atoms with Crippen molar-refractivity contribution in [2.24, 2.45) is 11.7 Å². The minimum absolute atomic E-state index is 0.346. The zero-order valence-electron chi connectivity index (χ0n) is 7.35. The standard InChI is InChI=1S/C8H20N2/c1-4-8(6-10-3)5-7(2)9/h7-8,10H,4-6,9H2,1-3H3/t7-,8+/m0/s1. The van der Waals surface area contributed by atoms with Crippen molar-refractivity contribution in [1.82, 2.24) is 5.32 Å². The van der Waals surface area contributed by atoms with Crippen molar-refractivity contribution in [3.05, 3.63) is 0 Å². The molecule has 3 N–H and O–H groups in total. The molecule has 0 heterocycles. The summed E-state index contributed by atoms with van der Waals surface area (Å²) in [4.78, 5) is 0. The summed E-state index contributed by atoms with van der Waals surface area (Å²) in [5.41, 5.74) is 5.67. The monoisotopic (exact) mass is 144 g/mol. The van der Waals surface area contributed by atoms with Gasteiger partial charge in [-0.25, -0.2) is 0 Å². The number of hydrogen-bond donors (Lipinski definition) is 2. The van der Waals surface area contributed by atoms with Crippen LogP contribution >= 0.6 is 0 Å². The molecule has 0 spiro atoms. The first-order valence-corrected chi connectivity index (χ1v) is 4.10. The lowest BCUT2D eigenvalue weighted by Crippen LogP contribution is -2.25. The molecule has 0 aromatic heterocycles. The second kappa shape index (κ2) is 5.69. The van der Waals surface area contributed by atoms with E-state index < -0.39 is 0 Å². The highest BCUT2D eigenvalue weighted by Crippen LogP contribution is 2.07. The predicted molar refractivity (Wildman–Crippen MR) is 46.0 cm³/mol. The van der Waals surface area contributed by atoms with Gasteiger partial charge in [-0.2, -0.15) is 0 Å². The first-order valence-electron chi connectivity index (χ1n) is 4.10. The van der Waals surface area contributed by atoms with Crippen molar-refractivity contribution in [2.75, 3.05) is 13.6 Å². The summed E-state index contributed by atoms with van der Waals surface area (Å²) < 4.78 is 0. The number of nitrogens with one attached hydrogen (secondary N) is 1. The fourth-order valence-corrected chi connectivity index (χ4v) is 1.21. The maximum absolute atomic E-state index is 5.67. The van der Waals surface area contributed by atoms with Crippen LogP contribution in [-0.2, 0) is 0 Å². The van der Waals surface area contributed by atoms with Crippen molar-refractivity contribution in [2.45, 2.75) is 32.7 Å². The SMILES string of the molecule is CC[C@@H](CNC)C[C@H](C)N. The van der Waals surface area contributed by atoms with Crippen molar-refractivity contribution < 1.29 is 0 Å². The summed E-state index contributed by atoms with van der Waals surface area (Å²) in [6.07, 6.45) is 2.36. The van der Waals surface area contributed by atoms with Crippen molar-refractivity contribution in [1.29, 1.82) is 0 Å². The number of rotatable bonds is 5. The maximum atomic E-state index is 5.67. The van der Waals surface area contributed by atoms with Gasteiger partial charge < -0.3 is 11.1 Å². The van der Waals surface area contributed by atoms with Gasteiger partial charge in [0.1, 0.15) is 0 Å². The Kier molecular flexibility index (Phi) is 5.64. The highest BCUT2D eigenvalue weighted by molar-refractivity contribution is 4.64. The van der Waals surface area contributed by atoms with Crippen LogP contribution in [0.5, 0.6) is 0 Å². The van der Waals surface area contributed by atoms with Gasteiger partial charge in [-0.05, 0) is 32.9 Å². The van der Waals surface area contributed by atoms with Crippen LogP contribution < -0.4 is 11.1 Å². The Balaban J connectivity index is 3.39. The third kappa shape index (κ3) is 4.77. The van der Waals surface area contributed by atoms with Crippen LogP contribution in [0.15, 0.2) is 0 Å². The molecule has 0 unspecified atom stereocenters. The minimum Gasteiger partial charge on any atom is -0.328 e. The quantitative estimate of drug-likeness (QED) is 0.603. The second-order valence-corrected chi connectivity index (χ2v) is 3.04. The summed E-state index contributed by atoms with van der Waals surface area (Å²) in [6.45, 7) is 5.38. The summed E-state index contributed by atoms with van der Waals surface area (Å²) in [5.74, 6) is 0.755. The normalized spacial score (nSPS) is 16.8. The molecule has 2 atom stereocenters. The van der Waals surface area contributed by atoms with Gasteiger partial charge in [0.15, 0.2) is 0 Å². The second-order valence-electron chi connectivity index (χ2n) is 3.04. The Morgan fingerprint density at radius 2 is 2.10 bits per heavy atom. The fourth-order valence-electron chi connectivity index (χ4n) is 1.21. The highest BCUT2D eigenvalue weighted by atomic mass is 14.8. The smallest absolute Gasteiger partial charge is 0.00135 e. The Hall–Kier alpha value is -0.0800. The fraction of sp³-hybridized carbons (Fsp3) is 1.00. The summed E-state index contributed by atoms with van der Waals surface area (Å²) >= 11 is 0. The summed E-state index contributed by atoms with van der Waals surface area (Å²) in [7, 11) is 1.99. The third-order valence-electron chi connectivity index (χ3n) is 1.78. The molecule has 0 aliphatic heterocycles. The molecule has 2 nitrogen and oxygen atoms in total. The Labute approximate surface area is 64.2 Å². The average Bonchev–Trinajstić information content (AvgIpc) is 1.86. The Morgan fingerprint density at radius 1 is 1.50 bits per heavy atom. The van der Waals surface area contributed by atoms with E-state index in [0.717, 1.165) is 18.9 Å². The van der Waals surface area contributed by atoms with Gasteiger partial charge in [-0.3, -0.25) is 0 Å². The van der Waals surface area contributed by atoms with Gasteiger partial charge in [-0.1, -0.05) is 13.3 Å². The topological polar surface area (TPSA) is 38.0 Å². The zero-order valence-corrected chi connectivity index (χ0v) is 7.35. The van der Waals surface area contributed by atoms with E-state index in [1.807, 2.05) is 7.05 Å². The van der Waals surface area contributed by atoms with E-state index in [4.69, 9.17) is 5.73 Å². The van der Waals surface area contributed by atoms with Crippen LogP contribution in [0.3, 0.4) is 0 Å². The van der Waals surface area contributed by atoms with Crippen LogP contribution in [0.2, 0.25) is 0 Å².